The highest BCUT2D eigenvalue weighted by molar-refractivity contribution is 6.02. The summed E-state index contributed by atoms with van der Waals surface area (Å²) >= 11 is 0. The number of hydrogen-bond donors (Lipinski definition) is 1. The van der Waals surface area contributed by atoms with Crippen molar-refractivity contribution in [3.63, 3.8) is 0 Å². The Bertz CT molecular complexity index is 1410. The Kier molecular flexibility index (Phi) is 7.57. The van der Waals surface area contributed by atoms with Gasteiger partial charge in [0.05, 0.1) is 18.3 Å². The number of para-hydroxylation sites is 3. The molecule has 1 aromatic heterocycles. The summed E-state index contributed by atoms with van der Waals surface area (Å²) < 4.78 is 7.20. The van der Waals surface area contributed by atoms with Crippen molar-refractivity contribution in [1.82, 2.24) is 20.3 Å². The van der Waals surface area contributed by atoms with Crippen LogP contribution >= 0.6 is 0 Å². The Morgan fingerprint density at radius 3 is 2.43 bits per heavy atom. The molecule has 0 saturated heterocycles. The first-order valence-electron chi connectivity index (χ1n) is 12.4. The predicted octanol–water partition coefficient (Wildman–Crippen LogP) is 4.83. The molecule has 0 aliphatic heterocycles. The number of rotatable bonds is 9. The van der Waals surface area contributed by atoms with Gasteiger partial charge in [-0.3, -0.25) is 14.5 Å². The van der Waals surface area contributed by atoms with Gasteiger partial charge in [-0.05, 0) is 62.6 Å². The van der Waals surface area contributed by atoms with E-state index >= 15 is 0 Å². The molecule has 1 atom stereocenters. The van der Waals surface area contributed by atoms with Gasteiger partial charge >= 0.3 is 0 Å². The van der Waals surface area contributed by atoms with E-state index in [0.29, 0.717) is 17.0 Å². The van der Waals surface area contributed by atoms with Crippen molar-refractivity contribution in [2.75, 3.05) is 12.0 Å². The maximum absolute atomic E-state index is 14.2. The average molecular weight is 500 g/mol. The molecule has 0 aliphatic rings. The van der Waals surface area contributed by atoms with Crippen LogP contribution in [0.25, 0.3) is 11.0 Å². The second kappa shape index (κ2) is 10.8. The molecule has 0 bridgehead atoms. The molecule has 1 heterocycles. The minimum Gasteiger partial charge on any atom is -0.495 e. The molecule has 2 amide bonds. The smallest absolute Gasteiger partial charge is 0.249 e. The maximum Gasteiger partial charge on any atom is 0.249 e. The lowest BCUT2D eigenvalue weighted by molar-refractivity contribution is -0.128. The van der Waals surface area contributed by atoms with E-state index < -0.39 is 11.6 Å². The van der Waals surface area contributed by atoms with E-state index in [-0.39, 0.29) is 18.4 Å². The minimum absolute atomic E-state index is 0.106. The highest BCUT2D eigenvalue weighted by Crippen LogP contribution is 2.36. The van der Waals surface area contributed by atoms with E-state index in [1.807, 2.05) is 88.4 Å². The third kappa shape index (κ3) is 5.48. The third-order valence-electron chi connectivity index (χ3n) is 6.65. The normalized spacial score (nSPS) is 12.2. The van der Waals surface area contributed by atoms with Gasteiger partial charge in [-0.25, -0.2) is 4.68 Å². The van der Waals surface area contributed by atoms with Crippen molar-refractivity contribution in [1.29, 1.82) is 0 Å². The summed E-state index contributed by atoms with van der Waals surface area (Å²) in [6, 6.07) is 21.4. The number of carbonyl (C=O) groups excluding carboxylic acids is 2. The molecule has 192 valence electrons. The largest absolute Gasteiger partial charge is 0.495 e. The molecular weight excluding hydrogens is 466 g/mol. The molecule has 0 saturated carbocycles. The number of amides is 2. The predicted molar refractivity (Wildman–Crippen MR) is 144 cm³/mol. The number of methoxy groups -OCH3 is 1. The molecule has 0 spiro atoms. The fraction of sp³-hybridized carbons (Fsp3) is 0.310. The van der Waals surface area contributed by atoms with Gasteiger partial charge in [-0.1, -0.05) is 60.7 Å². The molecule has 3 aromatic carbocycles. The van der Waals surface area contributed by atoms with Crippen LogP contribution < -0.4 is 15.0 Å². The van der Waals surface area contributed by atoms with E-state index in [9.17, 15) is 9.59 Å². The SMILES string of the molecule is CCC(C)(C)NC(=O)[C@H](c1ccccc1C)N(C(=O)Cn1nnc2ccccc21)c1ccccc1OC. The fourth-order valence-electron chi connectivity index (χ4n) is 4.27. The van der Waals surface area contributed by atoms with Gasteiger partial charge < -0.3 is 10.1 Å². The highest BCUT2D eigenvalue weighted by Gasteiger charge is 2.37. The van der Waals surface area contributed by atoms with Crippen molar-refractivity contribution in [2.24, 2.45) is 0 Å². The second-order valence-electron chi connectivity index (χ2n) is 9.66. The molecule has 0 aliphatic carbocycles. The third-order valence-corrected chi connectivity index (χ3v) is 6.65. The van der Waals surface area contributed by atoms with Gasteiger partial charge in [0.1, 0.15) is 23.9 Å². The lowest BCUT2D eigenvalue weighted by atomic mass is 9.95. The Balaban J connectivity index is 1.87. The molecule has 0 radical (unpaired) electrons. The summed E-state index contributed by atoms with van der Waals surface area (Å²) in [5, 5.41) is 11.6. The van der Waals surface area contributed by atoms with Crippen molar-refractivity contribution >= 4 is 28.5 Å². The molecule has 0 unspecified atom stereocenters. The van der Waals surface area contributed by atoms with Crippen LogP contribution in [-0.2, 0) is 16.1 Å². The number of nitrogens with one attached hydrogen (secondary N) is 1. The number of aryl methyl sites for hydroxylation is 1. The number of fused-ring (bicyclic) bond motifs is 1. The Morgan fingerprint density at radius 2 is 1.70 bits per heavy atom. The molecule has 4 rings (SSSR count). The molecule has 4 aromatic rings. The minimum atomic E-state index is -0.939. The number of benzene rings is 3. The zero-order chi connectivity index (χ0) is 26.6. The number of ether oxygens (including phenoxy) is 1. The fourth-order valence-corrected chi connectivity index (χ4v) is 4.27. The summed E-state index contributed by atoms with van der Waals surface area (Å²) in [6.07, 6.45) is 0.729. The van der Waals surface area contributed by atoms with Crippen LogP contribution in [0.2, 0.25) is 0 Å². The first-order chi connectivity index (χ1) is 17.8. The summed E-state index contributed by atoms with van der Waals surface area (Å²) in [5.41, 5.74) is 3.09. The van der Waals surface area contributed by atoms with Crippen molar-refractivity contribution in [2.45, 2.75) is 52.2 Å². The molecule has 1 N–H and O–H groups in total. The molecular formula is C29H33N5O3. The highest BCUT2D eigenvalue weighted by atomic mass is 16.5. The van der Waals surface area contributed by atoms with Gasteiger partial charge in [0.2, 0.25) is 11.8 Å². The zero-order valence-corrected chi connectivity index (χ0v) is 21.9. The number of anilines is 1. The van der Waals surface area contributed by atoms with Crippen LogP contribution in [0.5, 0.6) is 5.75 Å². The molecule has 8 nitrogen and oxygen atoms in total. The van der Waals surface area contributed by atoms with Crippen LogP contribution in [0.4, 0.5) is 5.69 Å². The second-order valence-corrected chi connectivity index (χ2v) is 9.66. The average Bonchev–Trinajstić information content (AvgIpc) is 3.30. The summed E-state index contributed by atoms with van der Waals surface area (Å²) in [7, 11) is 1.55. The number of hydrogen-bond acceptors (Lipinski definition) is 5. The van der Waals surface area contributed by atoms with E-state index in [2.05, 4.69) is 15.6 Å². The van der Waals surface area contributed by atoms with Gasteiger partial charge in [0.15, 0.2) is 0 Å². The molecule has 0 fully saturated rings. The standard InChI is InChI=1S/C29H33N5O3/c1-6-29(3,4)30-28(36)27(21-14-8-7-13-20(21)2)34(24-17-11-12-18-25(24)37-5)26(35)19-33-23-16-10-9-15-22(23)31-32-33/h7-18,27H,6,19H2,1-5H3,(H,30,36)/t27-/m0/s1. The summed E-state index contributed by atoms with van der Waals surface area (Å²) in [4.78, 5) is 29.7. The van der Waals surface area contributed by atoms with Gasteiger partial charge in [-0.2, -0.15) is 0 Å². The maximum atomic E-state index is 14.2. The van der Waals surface area contributed by atoms with E-state index in [1.54, 1.807) is 23.9 Å². The molecule has 37 heavy (non-hydrogen) atoms. The first kappa shape index (κ1) is 25.9. The quantitative estimate of drug-likeness (QED) is 0.356. The number of carbonyl (C=O) groups is 2. The number of aromatic nitrogens is 3. The van der Waals surface area contributed by atoms with Crippen molar-refractivity contribution in [3.05, 3.63) is 83.9 Å². The summed E-state index contributed by atoms with van der Waals surface area (Å²) in [6.45, 7) is 7.79. The van der Waals surface area contributed by atoms with Crippen LogP contribution in [0.3, 0.4) is 0 Å². The van der Waals surface area contributed by atoms with Gasteiger partial charge in [0.25, 0.3) is 0 Å². The topological polar surface area (TPSA) is 89.4 Å². The van der Waals surface area contributed by atoms with Gasteiger partial charge in [0, 0.05) is 5.54 Å². The lowest BCUT2D eigenvalue weighted by Crippen LogP contribution is -2.51. The Labute approximate surface area is 217 Å². The van der Waals surface area contributed by atoms with Crippen LogP contribution in [0.15, 0.2) is 72.8 Å². The summed E-state index contributed by atoms with van der Waals surface area (Å²) in [5.74, 6) is -0.109. The van der Waals surface area contributed by atoms with E-state index in [1.165, 1.54) is 4.90 Å². The van der Waals surface area contributed by atoms with Crippen LogP contribution in [0, 0.1) is 6.92 Å². The molecule has 8 heteroatoms. The monoisotopic (exact) mass is 499 g/mol. The Hall–Kier alpha value is -4.20. The zero-order valence-electron chi connectivity index (χ0n) is 21.9. The first-order valence-corrected chi connectivity index (χ1v) is 12.4. The Morgan fingerprint density at radius 1 is 1.03 bits per heavy atom. The number of nitrogens with zero attached hydrogens (tertiary/aromatic N) is 4. The van der Waals surface area contributed by atoms with Crippen LogP contribution in [0.1, 0.15) is 44.4 Å². The van der Waals surface area contributed by atoms with Gasteiger partial charge in [-0.15, -0.1) is 5.10 Å². The van der Waals surface area contributed by atoms with E-state index in [4.69, 9.17) is 4.74 Å². The lowest BCUT2D eigenvalue weighted by Gasteiger charge is -2.35. The van der Waals surface area contributed by atoms with E-state index in [0.717, 1.165) is 23.1 Å². The van der Waals surface area contributed by atoms with Crippen molar-refractivity contribution in [3.8, 4) is 5.75 Å². The van der Waals surface area contributed by atoms with Crippen LogP contribution in [-0.4, -0.2) is 39.5 Å². The van der Waals surface area contributed by atoms with Crippen molar-refractivity contribution < 1.29 is 14.3 Å².